The van der Waals surface area contributed by atoms with Crippen LogP contribution in [0.15, 0.2) is 17.0 Å². The zero-order valence-corrected chi connectivity index (χ0v) is 11.3. The van der Waals surface area contributed by atoms with Gasteiger partial charge in [-0.15, -0.1) is 12.6 Å². The molecule has 0 aliphatic heterocycles. The van der Waals surface area contributed by atoms with Crippen LogP contribution in [0.2, 0.25) is 0 Å². The van der Waals surface area contributed by atoms with E-state index in [-0.39, 0.29) is 5.56 Å². The molecule has 0 aliphatic carbocycles. The van der Waals surface area contributed by atoms with Gasteiger partial charge in [-0.1, -0.05) is 13.0 Å². The number of benzene rings is 1. The van der Waals surface area contributed by atoms with E-state index >= 15 is 0 Å². The molecule has 1 aromatic carbocycles. The van der Waals surface area contributed by atoms with Crippen LogP contribution in [-0.2, 0) is 9.53 Å². The smallest absolute Gasteiger partial charge is 0.450 e. The first-order valence-corrected chi connectivity index (χ1v) is 5.76. The number of rotatable bonds is 3. The number of alkyl halides is 3. The normalized spacial score (nSPS) is 12.9. The second-order valence-electron chi connectivity index (χ2n) is 3.94. The van der Waals surface area contributed by atoms with Crippen LogP contribution in [0.4, 0.5) is 17.6 Å². The molecular weight excluding hydrogens is 300 g/mol. The quantitative estimate of drug-likeness (QED) is 0.530. The Morgan fingerprint density at radius 2 is 1.85 bits per heavy atom. The third-order valence-corrected chi connectivity index (χ3v) is 3.13. The van der Waals surface area contributed by atoms with E-state index < -0.39 is 40.1 Å². The minimum atomic E-state index is -5.07. The number of carbonyl (C=O) groups is 2. The number of hydrogen-bond acceptors (Lipinski definition) is 4. The summed E-state index contributed by atoms with van der Waals surface area (Å²) in [7, 11) is 1.07. The van der Waals surface area contributed by atoms with Crippen LogP contribution >= 0.6 is 12.6 Å². The van der Waals surface area contributed by atoms with Crippen molar-refractivity contribution in [3.05, 3.63) is 29.1 Å². The molecule has 1 atom stereocenters. The van der Waals surface area contributed by atoms with Crippen LogP contribution in [0.3, 0.4) is 0 Å². The van der Waals surface area contributed by atoms with Crippen LogP contribution in [0.25, 0.3) is 0 Å². The summed E-state index contributed by atoms with van der Waals surface area (Å²) >= 11 is 3.74. The molecular formula is C12H10F4O3S. The molecule has 0 fully saturated rings. The van der Waals surface area contributed by atoms with Gasteiger partial charge in [0.1, 0.15) is 5.82 Å². The van der Waals surface area contributed by atoms with E-state index in [1.54, 1.807) is 0 Å². The molecule has 0 N–H and O–H groups in total. The summed E-state index contributed by atoms with van der Waals surface area (Å²) < 4.78 is 55.3. The maximum absolute atomic E-state index is 14.0. The van der Waals surface area contributed by atoms with E-state index in [0.717, 1.165) is 26.2 Å². The predicted molar refractivity (Wildman–Crippen MR) is 64.5 cm³/mol. The SMILES string of the molecule is COC(=O)c1ccc(C(C)C(=O)C(F)(F)F)c(F)c1S. The summed E-state index contributed by atoms with van der Waals surface area (Å²) in [6, 6.07) is 2.00. The molecule has 110 valence electrons. The lowest BCUT2D eigenvalue weighted by atomic mass is 9.94. The second kappa shape index (κ2) is 5.82. The van der Waals surface area contributed by atoms with E-state index in [1.807, 2.05) is 0 Å². The Labute approximate surface area is 117 Å². The van der Waals surface area contributed by atoms with Crippen LogP contribution < -0.4 is 0 Å². The second-order valence-corrected chi connectivity index (χ2v) is 4.39. The Hall–Kier alpha value is -1.57. The molecule has 0 saturated carbocycles. The molecule has 0 aliphatic rings. The summed E-state index contributed by atoms with van der Waals surface area (Å²) in [4.78, 5) is 21.9. The summed E-state index contributed by atoms with van der Waals surface area (Å²) in [5.41, 5.74) is -0.714. The van der Waals surface area contributed by atoms with Gasteiger partial charge in [-0.3, -0.25) is 4.79 Å². The number of ether oxygens (including phenoxy) is 1. The Bertz CT molecular complexity index is 554. The third-order valence-electron chi connectivity index (χ3n) is 2.69. The van der Waals surface area contributed by atoms with E-state index in [9.17, 15) is 27.2 Å². The number of ketones is 1. The lowest BCUT2D eigenvalue weighted by Crippen LogP contribution is -2.28. The van der Waals surface area contributed by atoms with E-state index in [2.05, 4.69) is 17.4 Å². The van der Waals surface area contributed by atoms with Gasteiger partial charge in [-0.2, -0.15) is 13.2 Å². The van der Waals surface area contributed by atoms with Gasteiger partial charge in [0.15, 0.2) is 0 Å². The molecule has 0 heterocycles. The average Bonchev–Trinajstić information content (AvgIpc) is 2.38. The molecule has 0 bridgehead atoms. The van der Waals surface area contributed by atoms with E-state index in [0.29, 0.717) is 0 Å². The number of methoxy groups -OCH3 is 1. The third kappa shape index (κ3) is 3.12. The van der Waals surface area contributed by atoms with Crippen LogP contribution in [0.1, 0.15) is 28.8 Å². The Kier molecular flexibility index (Phi) is 4.80. The molecule has 1 aromatic rings. The first-order chi connectivity index (χ1) is 9.11. The monoisotopic (exact) mass is 310 g/mol. The zero-order chi connectivity index (χ0) is 15.7. The molecule has 1 rings (SSSR count). The maximum Gasteiger partial charge on any atom is 0.450 e. The van der Waals surface area contributed by atoms with Crippen molar-refractivity contribution in [2.24, 2.45) is 0 Å². The summed E-state index contributed by atoms with van der Waals surface area (Å²) in [5.74, 6) is -5.83. The highest BCUT2D eigenvalue weighted by atomic mass is 32.1. The Morgan fingerprint density at radius 1 is 1.30 bits per heavy atom. The number of hydrogen-bond donors (Lipinski definition) is 1. The number of Topliss-reactive ketones (excluding diaryl/α,β-unsaturated/α-hetero) is 1. The van der Waals surface area contributed by atoms with E-state index in [4.69, 9.17) is 0 Å². The summed E-state index contributed by atoms with van der Waals surface area (Å²) in [6.07, 6.45) is -5.07. The van der Waals surface area contributed by atoms with Crippen molar-refractivity contribution in [2.45, 2.75) is 23.9 Å². The highest BCUT2D eigenvalue weighted by Gasteiger charge is 2.42. The van der Waals surface area contributed by atoms with Gasteiger partial charge in [0.25, 0.3) is 0 Å². The lowest BCUT2D eigenvalue weighted by Gasteiger charge is -2.15. The average molecular weight is 310 g/mol. The standard InChI is InChI=1S/C12H10F4O3S/c1-5(10(17)12(14,15)16)6-3-4-7(11(18)19-2)9(20)8(6)13/h3-5,20H,1-2H3. The van der Waals surface area contributed by atoms with Gasteiger partial charge in [0, 0.05) is 0 Å². The van der Waals surface area contributed by atoms with Gasteiger partial charge in [0.2, 0.25) is 5.78 Å². The molecule has 20 heavy (non-hydrogen) atoms. The van der Waals surface area contributed by atoms with Crippen molar-refractivity contribution in [2.75, 3.05) is 7.11 Å². The van der Waals surface area contributed by atoms with Crippen molar-refractivity contribution in [3.63, 3.8) is 0 Å². The molecule has 0 radical (unpaired) electrons. The highest BCUT2D eigenvalue weighted by molar-refractivity contribution is 7.80. The molecule has 1 unspecified atom stereocenters. The minimum Gasteiger partial charge on any atom is -0.465 e. The van der Waals surface area contributed by atoms with Crippen LogP contribution in [0.5, 0.6) is 0 Å². The first-order valence-electron chi connectivity index (χ1n) is 5.32. The van der Waals surface area contributed by atoms with Gasteiger partial charge in [0.05, 0.1) is 23.5 Å². The van der Waals surface area contributed by atoms with Crippen molar-refractivity contribution < 1.29 is 31.9 Å². The van der Waals surface area contributed by atoms with E-state index in [1.165, 1.54) is 0 Å². The fourth-order valence-electron chi connectivity index (χ4n) is 1.58. The topological polar surface area (TPSA) is 43.4 Å². The number of esters is 1. The summed E-state index contributed by atoms with van der Waals surface area (Å²) in [5, 5.41) is 0. The number of halogens is 4. The van der Waals surface area contributed by atoms with Crippen LogP contribution in [-0.4, -0.2) is 25.0 Å². The fourth-order valence-corrected chi connectivity index (χ4v) is 1.87. The fraction of sp³-hybridized carbons (Fsp3) is 0.333. The zero-order valence-electron chi connectivity index (χ0n) is 10.4. The van der Waals surface area contributed by atoms with Gasteiger partial charge < -0.3 is 4.74 Å². The maximum atomic E-state index is 14.0. The van der Waals surface area contributed by atoms with Gasteiger partial charge >= 0.3 is 12.1 Å². The van der Waals surface area contributed by atoms with Crippen molar-refractivity contribution in [3.8, 4) is 0 Å². The molecule has 8 heteroatoms. The van der Waals surface area contributed by atoms with Crippen molar-refractivity contribution >= 4 is 24.4 Å². The molecule has 3 nitrogen and oxygen atoms in total. The molecule has 0 saturated heterocycles. The Balaban J connectivity index is 3.26. The largest absolute Gasteiger partial charge is 0.465 e. The van der Waals surface area contributed by atoms with Gasteiger partial charge in [-0.25, -0.2) is 9.18 Å². The number of thiol groups is 1. The van der Waals surface area contributed by atoms with Gasteiger partial charge in [-0.05, 0) is 11.6 Å². The lowest BCUT2D eigenvalue weighted by molar-refractivity contribution is -0.172. The minimum absolute atomic E-state index is 0.233. The predicted octanol–water partition coefficient (Wildman–Crippen LogP) is 3.14. The first kappa shape index (κ1) is 16.5. The molecule has 0 amide bonds. The highest BCUT2D eigenvalue weighted by Crippen LogP contribution is 2.32. The summed E-state index contributed by atoms with van der Waals surface area (Å²) in [6.45, 7) is 0.930. The number of carbonyl (C=O) groups excluding carboxylic acids is 2. The molecule has 0 spiro atoms. The van der Waals surface area contributed by atoms with Crippen molar-refractivity contribution in [1.82, 2.24) is 0 Å². The Morgan fingerprint density at radius 3 is 2.30 bits per heavy atom. The van der Waals surface area contributed by atoms with Crippen LogP contribution in [0, 0.1) is 5.82 Å². The van der Waals surface area contributed by atoms with Crippen molar-refractivity contribution in [1.29, 1.82) is 0 Å². The molecule has 0 aromatic heterocycles.